The van der Waals surface area contributed by atoms with Crippen LogP contribution in [0.3, 0.4) is 0 Å². The molecule has 27 heavy (non-hydrogen) atoms. The van der Waals surface area contributed by atoms with Crippen molar-refractivity contribution >= 4 is 23.4 Å². The molecule has 2 N–H and O–H groups in total. The van der Waals surface area contributed by atoms with Gasteiger partial charge in [-0.2, -0.15) is 0 Å². The van der Waals surface area contributed by atoms with Gasteiger partial charge in [-0.15, -0.1) is 5.10 Å². The maximum absolute atomic E-state index is 12.4. The average Bonchev–Trinajstić information content (AvgIpc) is 3.30. The van der Waals surface area contributed by atoms with Crippen molar-refractivity contribution in [3.05, 3.63) is 65.1 Å². The SMILES string of the molecule is Cc1nc(C(=O)NC(C)C(=O)NCc2ccco2)nn1-c1ccc(Cl)cc1. The molecule has 3 rings (SSSR count). The minimum absolute atomic E-state index is 0.0202. The van der Waals surface area contributed by atoms with Crippen molar-refractivity contribution in [1.29, 1.82) is 0 Å². The lowest BCUT2D eigenvalue weighted by atomic mass is 10.3. The molecule has 2 aromatic heterocycles. The van der Waals surface area contributed by atoms with Gasteiger partial charge in [-0.25, -0.2) is 9.67 Å². The van der Waals surface area contributed by atoms with Crippen LogP contribution >= 0.6 is 11.6 Å². The van der Waals surface area contributed by atoms with Crippen LogP contribution < -0.4 is 10.6 Å². The third-order valence-electron chi connectivity index (χ3n) is 3.80. The summed E-state index contributed by atoms with van der Waals surface area (Å²) in [6.07, 6.45) is 1.53. The van der Waals surface area contributed by atoms with Gasteiger partial charge in [-0.1, -0.05) is 11.6 Å². The summed E-state index contributed by atoms with van der Waals surface area (Å²) in [5.74, 6) is 0.270. The summed E-state index contributed by atoms with van der Waals surface area (Å²) in [6, 6.07) is 9.73. The molecule has 1 unspecified atom stereocenters. The van der Waals surface area contributed by atoms with Gasteiger partial charge in [0.15, 0.2) is 0 Å². The molecule has 0 spiro atoms. The van der Waals surface area contributed by atoms with Gasteiger partial charge >= 0.3 is 0 Å². The monoisotopic (exact) mass is 387 g/mol. The average molecular weight is 388 g/mol. The number of nitrogens with zero attached hydrogens (tertiary/aromatic N) is 3. The van der Waals surface area contributed by atoms with Crippen LogP contribution in [0, 0.1) is 6.92 Å². The molecule has 1 atom stereocenters. The van der Waals surface area contributed by atoms with Crippen molar-refractivity contribution in [2.45, 2.75) is 26.4 Å². The van der Waals surface area contributed by atoms with Gasteiger partial charge in [0.1, 0.15) is 17.6 Å². The molecule has 0 saturated carbocycles. The summed E-state index contributed by atoms with van der Waals surface area (Å²) in [6.45, 7) is 3.56. The zero-order valence-corrected chi connectivity index (χ0v) is 15.5. The molecule has 140 valence electrons. The standard InChI is InChI=1S/C18H18ClN5O3/c1-11(17(25)20-10-15-4-3-9-27-15)21-18(26)16-22-12(2)24(23-16)14-7-5-13(19)6-8-14/h3-9,11H,10H2,1-2H3,(H,20,25)(H,21,26). The first-order valence-electron chi connectivity index (χ1n) is 8.24. The number of furan rings is 1. The maximum atomic E-state index is 12.4. The molecule has 0 fully saturated rings. The highest BCUT2D eigenvalue weighted by molar-refractivity contribution is 6.30. The van der Waals surface area contributed by atoms with Crippen molar-refractivity contribution in [3.8, 4) is 5.69 Å². The Morgan fingerprint density at radius 2 is 2.00 bits per heavy atom. The highest BCUT2D eigenvalue weighted by Crippen LogP contribution is 2.14. The molecule has 1 aromatic carbocycles. The number of carbonyl (C=O) groups is 2. The Balaban J connectivity index is 1.62. The van der Waals surface area contributed by atoms with E-state index in [0.29, 0.717) is 16.6 Å². The normalized spacial score (nSPS) is 11.8. The predicted octanol–water partition coefficient (Wildman–Crippen LogP) is 2.26. The number of hydrogen-bond acceptors (Lipinski definition) is 5. The van der Waals surface area contributed by atoms with E-state index < -0.39 is 11.9 Å². The van der Waals surface area contributed by atoms with Crippen LogP contribution in [0.4, 0.5) is 0 Å². The first-order valence-corrected chi connectivity index (χ1v) is 8.62. The van der Waals surface area contributed by atoms with Gasteiger partial charge in [0.05, 0.1) is 18.5 Å². The quantitative estimate of drug-likeness (QED) is 0.675. The van der Waals surface area contributed by atoms with E-state index in [1.165, 1.54) is 10.9 Å². The third-order valence-corrected chi connectivity index (χ3v) is 4.05. The van der Waals surface area contributed by atoms with E-state index in [1.807, 2.05) is 0 Å². The van der Waals surface area contributed by atoms with Crippen molar-refractivity contribution in [1.82, 2.24) is 25.4 Å². The number of rotatable bonds is 6. The molecule has 0 aliphatic carbocycles. The second kappa shape index (κ2) is 8.05. The van der Waals surface area contributed by atoms with E-state index in [-0.39, 0.29) is 18.3 Å². The Morgan fingerprint density at radius 3 is 2.67 bits per heavy atom. The maximum Gasteiger partial charge on any atom is 0.291 e. The summed E-state index contributed by atoms with van der Waals surface area (Å²) >= 11 is 5.89. The van der Waals surface area contributed by atoms with Crippen molar-refractivity contribution in [2.24, 2.45) is 0 Å². The molecule has 0 radical (unpaired) electrons. The van der Waals surface area contributed by atoms with Crippen LogP contribution in [-0.2, 0) is 11.3 Å². The molecule has 8 nitrogen and oxygen atoms in total. The largest absolute Gasteiger partial charge is 0.467 e. The number of aromatic nitrogens is 3. The highest BCUT2D eigenvalue weighted by Gasteiger charge is 2.20. The number of aryl methyl sites for hydroxylation is 1. The lowest BCUT2D eigenvalue weighted by Crippen LogP contribution is -2.44. The molecule has 2 amide bonds. The fourth-order valence-electron chi connectivity index (χ4n) is 2.38. The summed E-state index contributed by atoms with van der Waals surface area (Å²) in [7, 11) is 0. The number of benzene rings is 1. The number of nitrogens with one attached hydrogen (secondary N) is 2. The van der Waals surface area contributed by atoms with Gasteiger partial charge in [0.25, 0.3) is 5.91 Å². The van der Waals surface area contributed by atoms with E-state index >= 15 is 0 Å². The first kappa shape index (κ1) is 18.7. The van der Waals surface area contributed by atoms with Gasteiger partial charge in [-0.05, 0) is 50.2 Å². The minimum atomic E-state index is -0.754. The zero-order valence-electron chi connectivity index (χ0n) is 14.8. The number of halogens is 1. The van der Waals surface area contributed by atoms with Crippen molar-refractivity contribution < 1.29 is 14.0 Å². The number of hydrogen-bond donors (Lipinski definition) is 2. The molecule has 9 heteroatoms. The van der Waals surface area contributed by atoms with E-state index in [2.05, 4.69) is 20.7 Å². The number of amides is 2. The third kappa shape index (κ3) is 4.53. The van der Waals surface area contributed by atoms with Crippen LogP contribution in [0.25, 0.3) is 5.69 Å². The Hall–Kier alpha value is -3.13. The Kier molecular flexibility index (Phi) is 5.56. The summed E-state index contributed by atoms with van der Waals surface area (Å²) in [4.78, 5) is 28.6. The first-order chi connectivity index (χ1) is 12.9. The molecule has 3 aromatic rings. The second-order valence-corrected chi connectivity index (χ2v) is 6.30. The molecule has 0 bridgehead atoms. The van der Waals surface area contributed by atoms with Gasteiger partial charge in [-0.3, -0.25) is 9.59 Å². The van der Waals surface area contributed by atoms with Crippen LogP contribution in [0.15, 0.2) is 47.1 Å². The fourth-order valence-corrected chi connectivity index (χ4v) is 2.51. The van der Waals surface area contributed by atoms with Gasteiger partial charge < -0.3 is 15.1 Å². The predicted molar refractivity (Wildman–Crippen MR) is 98.6 cm³/mol. The summed E-state index contributed by atoms with van der Waals surface area (Å²) in [5.41, 5.74) is 0.729. The molecule has 0 aliphatic rings. The smallest absolute Gasteiger partial charge is 0.291 e. The van der Waals surface area contributed by atoms with E-state index in [9.17, 15) is 9.59 Å². The van der Waals surface area contributed by atoms with E-state index in [1.54, 1.807) is 50.2 Å². The fraction of sp³-hybridized carbons (Fsp3) is 0.222. The van der Waals surface area contributed by atoms with Crippen LogP contribution in [0.1, 0.15) is 29.1 Å². The van der Waals surface area contributed by atoms with Gasteiger partial charge in [0, 0.05) is 5.02 Å². The molecule has 0 aliphatic heterocycles. The highest BCUT2D eigenvalue weighted by atomic mass is 35.5. The number of carbonyl (C=O) groups excluding carboxylic acids is 2. The minimum Gasteiger partial charge on any atom is -0.467 e. The van der Waals surface area contributed by atoms with Crippen LogP contribution in [-0.4, -0.2) is 32.6 Å². The molecule has 0 saturated heterocycles. The molecule has 2 heterocycles. The lowest BCUT2D eigenvalue weighted by molar-refractivity contribution is -0.122. The second-order valence-electron chi connectivity index (χ2n) is 5.86. The van der Waals surface area contributed by atoms with Crippen LogP contribution in [0.5, 0.6) is 0 Å². The lowest BCUT2D eigenvalue weighted by Gasteiger charge is -2.12. The Morgan fingerprint density at radius 1 is 1.26 bits per heavy atom. The Labute approximate surface area is 160 Å². The van der Waals surface area contributed by atoms with Crippen molar-refractivity contribution in [3.63, 3.8) is 0 Å². The Bertz CT molecular complexity index is 935. The van der Waals surface area contributed by atoms with Crippen molar-refractivity contribution in [2.75, 3.05) is 0 Å². The zero-order chi connectivity index (χ0) is 19.4. The summed E-state index contributed by atoms with van der Waals surface area (Å²) < 4.78 is 6.68. The van der Waals surface area contributed by atoms with E-state index in [4.69, 9.17) is 16.0 Å². The van der Waals surface area contributed by atoms with Crippen LogP contribution in [0.2, 0.25) is 5.02 Å². The topological polar surface area (TPSA) is 102 Å². The molecular weight excluding hydrogens is 370 g/mol. The molecular formula is C18H18ClN5O3. The summed E-state index contributed by atoms with van der Waals surface area (Å²) in [5, 5.41) is 10.1. The van der Waals surface area contributed by atoms with Gasteiger partial charge in [0.2, 0.25) is 11.7 Å². The van der Waals surface area contributed by atoms with E-state index in [0.717, 1.165) is 5.69 Å².